The summed E-state index contributed by atoms with van der Waals surface area (Å²) in [6.07, 6.45) is 2.88. The molecule has 0 radical (unpaired) electrons. The van der Waals surface area contributed by atoms with Crippen LogP contribution in [0.1, 0.15) is 24.0 Å². The lowest BCUT2D eigenvalue weighted by Gasteiger charge is -2.12. The fourth-order valence-corrected chi connectivity index (χ4v) is 2.55. The summed E-state index contributed by atoms with van der Waals surface area (Å²) < 4.78 is 14.1. The highest BCUT2D eigenvalue weighted by Gasteiger charge is 2.47. The molecule has 0 amide bonds. The number of aromatic amines is 1. The molecule has 1 aliphatic carbocycles. The van der Waals surface area contributed by atoms with Crippen LogP contribution in [0.5, 0.6) is 0 Å². The zero-order valence-electron chi connectivity index (χ0n) is 8.27. The smallest absolute Gasteiger partial charge is 0.138 e. The van der Waals surface area contributed by atoms with Crippen LogP contribution < -0.4 is 0 Å². The summed E-state index contributed by atoms with van der Waals surface area (Å²) in [5, 5.41) is 8.24. The summed E-state index contributed by atoms with van der Waals surface area (Å²) >= 11 is 6.10. The average molecular weight is 225 g/mol. The number of aromatic nitrogens is 2. The van der Waals surface area contributed by atoms with E-state index in [4.69, 9.17) is 11.6 Å². The lowest BCUT2D eigenvalue weighted by atomic mass is 9.99. The summed E-state index contributed by atoms with van der Waals surface area (Å²) in [5.74, 6) is 0. The first-order chi connectivity index (χ1) is 7.12. The number of nitrogens with one attached hydrogen (secondary N) is 1. The van der Waals surface area contributed by atoms with Crippen molar-refractivity contribution in [2.75, 3.05) is 0 Å². The Morgan fingerprint density at radius 2 is 2.27 bits per heavy atom. The van der Waals surface area contributed by atoms with E-state index >= 15 is 0 Å². The van der Waals surface area contributed by atoms with E-state index < -0.39 is 5.67 Å². The Kier molecular flexibility index (Phi) is 1.67. The van der Waals surface area contributed by atoms with Gasteiger partial charge in [-0.3, -0.25) is 5.10 Å². The van der Waals surface area contributed by atoms with Gasteiger partial charge in [-0.2, -0.15) is 5.10 Å². The molecule has 1 aromatic heterocycles. The zero-order valence-corrected chi connectivity index (χ0v) is 9.03. The third kappa shape index (κ3) is 1.19. The Bertz CT molecular complexity index is 543. The van der Waals surface area contributed by atoms with E-state index in [9.17, 15) is 4.39 Å². The van der Waals surface area contributed by atoms with E-state index in [0.29, 0.717) is 23.4 Å². The van der Waals surface area contributed by atoms with Gasteiger partial charge in [0.15, 0.2) is 0 Å². The molecule has 2 aromatic rings. The highest BCUT2D eigenvalue weighted by atomic mass is 35.5. The number of H-pyrrole nitrogens is 1. The summed E-state index contributed by atoms with van der Waals surface area (Å²) in [6.45, 7) is 1.90. The summed E-state index contributed by atoms with van der Waals surface area (Å²) in [7, 11) is 0. The Morgan fingerprint density at radius 3 is 2.93 bits per heavy atom. The molecule has 15 heavy (non-hydrogen) atoms. The van der Waals surface area contributed by atoms with Crippen molar-refractivity contribution in [3.63, 3.8) is 0 Å². The van der Waals surface area contributed by atoms with Crippen molar-refractivity contribution in [2.45, 2.75) is 25.4 Å². The van der Waals surface area contributed by atoms with Gasteiger partial charge in [0.25, 0.3) is 0 Å². The van der Waals surface area contributed by atoms with Crippen LogP contribution in [-0.2, 0) is 5.67 Å². The van der Waals surface area contributed by atoms with Gasteiger partial charge in [-0.05, 0) is 31.4 Å². The number of fused-ring (bicyclic) bond motifs is 1. The number of rotatable bonds is 1. The largest absolute Gasteiger partial charge is 0.278 e. The Morgan fingerprint density at radius 1 is 1.53 bits per heavy atom. The molecule has 1 heterocycles. The van der Waals surface area contributed by atoms with Crippen LogP contribution in [0.15, 0.2) is 12.3 Å². The first-order valence-electron chi connectivity index (χ1n) is 4.93. The van der Waals surface area contributed by atoms with Gasteiger partial charge in [-0.15, -0.1) is 0 Å². The second kappa shape index (κ2) is 2.73. The highest BCUT2D eigenvalue weighted by Crippen LogP contribution is 2.53. The number of halogens is 2. The van der Waals surface area contributed by atoms with Crippen LogP contribution in [0.25, 0.3) is 10.9 Å². The van der Waals surface area contributed by atoms with Gasteiger partial charge in [0.2, 0.25) is 0 Å². The molecular formula is C11H10ClFN2. The number of nitrogens with zero attached hydrogens (tertiary/aromatic N) is 1. The van der Waals surface area contributed by atoms with Crippen molar-refractivity contribution in [3.05, 3.63) is 28.4 Å². The molecular weight excluding hydrogens is 215 g/mol. The van der Waals surface area contributed by atoms with Gasteiger partial charge in [0.1, 0.15) is 5.67 Å². The van der Waals surface area contributed by atoms with E-state index in [2.05, 4.69) is 10.2 Å². The maximum absolute atomic E-state index is 14.1. The van der Waals surface area contributed by atoms with Crippen molar-refractivity contribution in [1.82, 2.24) is 10.2 Å². The first-order valence-corrected chi connectivity index (χ1v) is 5.31. The second-order valence-corrected chi connectivity index (χ2v) is 4.56. The molecule has 0 atom stereocenters. The fourth-order valence-electron chi connectivity index (χ4n) is 2.13. The van der Waals surface area contributed by atoms with Crippen LogP contribution in [0.4, 0.5) is 4.39 Å². The molecule has 4 heteroatoms. The molecule has 1 fully saturated rings. The molecule has 0 spiro atoms. The predicted molar refractivity (Wildman–Crippen MR) is 57.9 cm³/mol. The van der Waals surface area contributed by atoms with E-state index in [1.807, 2.05) is 6.92 Å². The predicted octanol–water partition coefficient (Wildman–Crippen LogP) is 3.48. The molecule has 1 saturated carbocycles. The van der Waals surface area contributed by atoms with Gasteiger partial charge in [-0.1, -0.05) is 11.6 Å². The normalized spacial score (nSPS) is 18.3. The van der Waals surface area contributed by atoms with Crippen LogP contribution in [0.2, 0.25) is 5.02 Å². The maximum atomic E-state index is 14.1. The molecule has 0 saturated heterocycles. The van der Waals surface area contributed by atoms with Crippen molar-refractivity contribution in [3.8, 4) is 0 Å². The van der Waals surface area contributed by atoms with Gasteiger partial charge in [-0.25, -0.2) is 4.39 Å². The maximum Gasteiger partial charge on any atom is 0.138 e. The van der Waals surface area contributed by atoms with Crippen molar-refractivity contribution in [2.24, 2.45) is 0 Å². The van der Waals surface area contributed by atoms with Gasteiger partial charge < -0.3 is 0 Å². The Labute approximate surface area is 91.4 Å². The summed E-state index contributed by atoms with van der Waals surface area (Å²) in [6, 6.07) is 1.76. The number of alkyl halides is 1. The molecule has 1 aliphatic rings. The zero-order chi connectivity index (χ0) is 10.6. The minimum absolute atomic E-state index is 0.504. The van der Waals surface area contributed by atoms with Crippen molar-refractivity contribution < 1.29 is 4.39 Å². The van der Waals surface area contributed by atoms with Crippen molar-refractivity contribution in [1.29, 1.82) is 0 Å². The number of hydrogen-bond donors (Lipinski definition) is 1. The Hall–Kier alpha value is -1.09. The third-order valence-corrected chi connectivity index (χ3v) is 3.39. The number of hydrogen-bond acceptors (Lipinski definition) is 1. The standard InChI is InChI=1S/C11H10ClFN2/c1-6-7-5-14-15-9(7)4-8(12)10(6)11(13)2-3-11/h4-5H,2-3H2,1H3,(H,14,15). The lowest BCUT2D eigenvalue weighted by molar-refractivity contribution is 0.316. The molecule has 0 unspecified atom stereocenters. The summed E-state index contributed by atoms with van der Waals surface area (Å²) in [4.78, 5) is 0. The fraction of sp³-hybridized carbons (Fsp3) is 0.364. The van der Waals surface area contributed by atoms with E-state index in [1.165, 1.54) is 0 Å². The number of aryl methyl sites for hydroxylation is 1. The average Bonchev–Trinajstić information content (AvgIpc) is 2.75. The molecule has 1 aromatic carbocycles. The summed E-state index contributed by atoms with van der Waals surface area (Å²) in [5.41, 5.74) is 1.24. The second-order valence-electron chi connectivity index (χ2n) is 4.15. The monoisotopic (exact) mass is 224 g/mol. The van der Waals surface area contributed by atoms with Gasteiger partial charge in [0, 0.05) is 16.0 Å². The SMILES string of the molecule is Cc1c(C2(F)CC2)c(Cl)cc2[nH]ncc12. The van der Waals surface area contributed by atoms with Crippen LogP contribution in [0, 0.1) is 6.92 Å². The van der Waals surface area contributed by atoms with Gasteiger partial charge >= 0.3 is 0 Å². The molecule has 0 aliphatic heterocycles. The third-order valence-electron chi connectivity index (χ3n) is 3.09. The van der Waals surface area contributed by atoms with Gasteiger partial charge in [0.05, 0.1) is 11.7 Å². The van der Waals surface area contributed by atoms with Crippen LogP contribution in [0.3, 0.4) is 0 Å². The molecule has 1 N–H and O–H groups in total. The molecule has 2 nitrogen and oxygen atoms in total. The Balaban J connectivity index is 2.37. The minimum atomic E-state index is -1.19. The van der Waals surface area contributed by atoms with Crippen LogP contribution >= 0.6 is 11.6 Å². The first kappa shape index (κ1) is 9.16. The lowest BCUT2D eigenvalue weighted by Crippen LogP contribution is -2.02. The molecule has 3 rings (SSSR count). The minimum Gasteiger partial charge on any atom is -0.278 e. The van der Waals surface area contributed by atoms with E-state index in [-0.39, 0.29) is 0 Å². The van der Waals surface area contributed by atoms with Crippen LogP contribution in [-0.4, -0.2) is 10.2 Å². The topological polar surface area (TPSA) is 28.7 Å². The van der Waals surface area contributed by atoms with Crippen molar-refractivity contribution >= 4 is 22.5 Å². The number of benzene rings is 1. The quantitative estimate of drug-likeness (QED) is 0.789. The highest BCUT2D eigenvalue weighted by molar-refractivity contribution is 6.32. The molecule has 0 bridgehead atoms. The van der Waals surface area contributed by atoms with E-state index in [1.54, 1.807) is 12.3 Å². The molecule has 78 valence electrons. The van der Waals surface area contributed by atoms with E-state index in [0.717, 1.165) is 16.5 Å².